The molecule has 112 valence electrons. The lowest BCUT2D eigenvalue weighted by Gasteiger charge is -2.16. The summed E-state index contributed by atoms with van der Waals surface area (Å²) < 4.78 is 5.28. The van der Waals surface area contributed by atoms with Crippen molar-refractivity contribution in [3.8, 4) is 17.1 Å². The molecular formula is C14H18N4O3. The van der Waals surface area contributed by atoms with Crippen molar-refractivity contribution in [2.24, 2.45) is 5.41 Å². The van der Waals surface area contributed by atoms with Gasteiger partial charge in [-0.15, -0.1) is 10.2 Å². The van der Waals surface area contributed by atoms with Gasteiger partial charge in [0.2, 0.25) is 5.82 Å². The van der Waals surface area contributed by atoms with E-state index in [9.17, 15) is 4.79 Å². The van der Waals surface area contributed by atoms with Gasteiger partial charge in [0.25, 0.3) is 0 Å². The van der Waals surface area contributed by atoms with Gasteiger partial charge in [-0.25, -0.2) is 0 Å². The van der Waals surface area contributed by atoms with Crippen molar-refractivity contribution in [1.82, 2.24) is 20.2 Å². The van der Waals surface area contributed by atoms with E-state index >= 15 is 0 Å². The predicted octanol–water partition coefficient (Wildman–Crippen LogP) is 1.28. The first kappa shape index (κ1) is 15.1. The van der Waals surface area contributed by atoms with Crippen molar-refractivity contribution < 1.29 is 14.6 Å². The first-order valence-electron chi connectivity index (χ1n) is 6.61. The summed E-state index contributed by atoms with van der Waals surface area (Å²) in [5, 5.41) is 20.6. The van der Waals surface area contributed by atoms with Crippen LogP contribution in [-0.2, 0) is 11.3 Å². The van der Waals surface area contributed by atoms with Gasteiger partial charge in [0.1, 0.15) is 5.75 Å². The van der Waals surface area contributed by atoms with Crippen LogP contribution in [0.3, 0.4) is 0 Å². The Morgan fingerprint density at radius 2 is 1.95 bits per heavy atom. The van der Waals surface area contributed by atoms with Crippen LogP contribution < -0.4 is 4.74 Å². The van der Waals surface area contributed by atoms with Gasteiger partial charge in [-0.1, -0.05) is 0 Å². The molecule has 1 heterocycles. The molecule has 0 fully saturated rings. The smallest absolute Gasteiger partial charge is 0.316 e. The molecule has 0 bridgehead atoms. The largest absolute Gasteiger partial charge is 0.426 e. The second-order valence-electron chi connectivity index (χ2n) is 5.60. The van der Waals surface area contributed by atoms with Crippen LogP contribution in [0.25, 0.3) is 11.4 Å². The lowest BCUT2D eigenvalue weighted by atomic mass is 9.97. The van der Waals surface area contributed by atoms with E-state index in [1.54, 1.807) is 45.0 Å². The van der Waals surface area contributed by atoms with Gasteiger partial charge >= 0.3 is 5.97 Å². The second kappa shape index (κ2) is 6.01. The number of hydrogen-bond donors (Lipinski definition) is 1. The molecule has 21 heavy (non-hydrogen) atoms. The second-order valence-corrected chi connectivity index (χ2v) is 5.60. The van der Waals surface area contributed by atoms with Crippen molar-refractivity contribution in [2.45, 2.75) is 27.3 Å². The minimum Gasteiger partial charge on any atom is -0.426 e. The molecule has 2 aromatic rings. The number of aliphatic hydroxyl groups excluding tert-OH is 1. The zero-order valence-electron chi connectivity index (χ0n) is 12.3. The third kappa shape index (κ3) is 3.85. The van der Waals surface area contributed by atoms with E-state index in [2.05, 4.69) is 15.4 Å². The molecule has 2 rings (SSSR count). The van der Waals surface area contributed by atoms with Gasteiger partial charge < -0.3 is 9.84 Å². The summed E-state index contributed by atoms with van der Waals surface area (Å²) in [7, 11) is 0. The lowest BCUT2D eigenvalue weighted by Crippen LogP contribution is -2.25. The lowest BCUT2D eigenvalue weighted by molar-refractivity contribution is -0.142. The molecule has 1 aromatic heterocycles. The summed E-state index contributed by atoms with van der Waals surface area (Å²) >= 11 is 0. The van der Waals surface area contributed by atoms with Gasteiger partial charge in [-0.3, -0.25) is 4.79 Å². The molecule has 0 aliphatic rings. The Bertz CT molecular complexity index is 614. The van der Waals surface area contributed by atoms with E-state index in [0.29, 0.717) is 18.1 Å². The Morgan fingerprint density at radius 3 is 2.52 bits per heavy atom. The number of carbonyl (C=O) groups is 1. The highest BCUT2D eigenvalue weighted by molar-refractivity contribution is 5.78. The van der Waals surface area contributed by atoms with E-state index in [1.807, 2.05) is 0 Å². The van der Waals surface area contributed by atoms with Crippen molar-refractivity contribution in [1.29, 1.82) is 0 Å². The highest BCUT2D eigenvalue weighted by Crippen LogP contribution is 2.22. The average Bonchev–Trinajstić information content (AvgIpc) is 2.87. The molecule has 0 saturated heterocycles. The molecule has 0 saturated carbocycles. The quantitative estimate of drug-likeness (QED) is 0.674. The SMILES string of the molecule is CC(C)(C)C(=O)Oc1ccc(-c2nnn(CCO)n2)cc1. The van der Waals surface area contributed by atoms with Crippen LogP contribution in [0.5, 0.6) is 5.75 Å². The Labute approximate surface area is 122 Å². The van der Waals surface area contributed by atoms with Crippen molar-refractivity contribution >= 4 is 5.97 Å². The number of aromatic nitrogens is 4. The minimum absolute atomic E-state index is 0.0442. The molecule has 0 atom stereocenters. The molecular weight excluding hydrogens is 272 g/mol. The summed E-state index contributed by atoms with van der Waals surface area (Å²) in [6, 6.07) is 6.88. The van der Waals surface area contributed by atoms with E-state index in [4.69, 9.17) is 9.84 Å². The Kier molecular flexibility index (Phi) is 4.32. The maximum Gasteiger partial charge on any atom is 0.316 e. The maximum absolute atomic E-state index is 11.8. The summed E-state index contributed by atoms with van der Waals surface area (Å²) in [5.41, 5.74) is 0.211. The first-order valence-corrected chi connectivity index (χ1v) is 6.61. The van der Waals surface area contributed by atoms with Crippen molar-refractivity contribution in [2.75, 3.05) is 6.61 Å². The number of benzene rings is 1. The third-order valence-electron chi connectivity index (χ3n) is 2.69. The number of aliphatic hydroxyl groups is 1. The van der Waals surface area contributed by atoms with Crippen molar-refractivity contribution in [3.63, 3.8) is 0 Å². The molecule has 0 amide bonds. The summed E-state index contributed by atoms with van der Waals surface area (Å²) in [4.78, 5) is 13.1. The molecule has 1 N–H and O–H groups in total. The minimum atomic E-state index is -0.548. The van der Waals surface area contributed by atoms with Gasteiger partial charge in [-0.2, -0.15) is 4.80 Å². The van der Waals surface area contributed by atoms with Crippen LogP contribution in [-0.4, -0.2) is 37.9 Å². The number of carbonyl (C=O) groups excluding carboxylic acids is 1. The van der Waals surface area contributed by atoms with Gasteiger partial charge in [0.15, 0.2) is 0 Å². The van der Waals surface area contributed by atoms with E-state index in [0.717, 1.165) is 5.56 Å². The highest BCUT2D eigenvalue weighted by atomic mass is 16.5. The molecule has 1 aromatic carbocycles. The number of ether oxygens (including phenoxy) is 1. The van der Waals surface area contributed by atoms with E-state index in [1.165, 1.54) is 4.80 Å². The number of hydrogen-bond acceptors (Lipinski definition) is 6. The topological polar surface area (TPSA) is 90.1 Å². The standard InChI is InChI=1S/C14H18N4O3/c1-14(2,3)13(20)21-11-6-4-10(5-7-11)12-15-17-18(16-12)8-9-19/h4-7,19H,8-9H2,1-3H3. The molecule has 0 aliphatic heterocycles. The van der Waals surface area contributed by atoms with Crippen LogP contribution in [0, 0.1) is 5.41 Å². The zero-order chi connectivity index (χ0) is 15.5. The monoisotopic (exact) mass is 290 g/mol. The molecule has 0 radical (unpaired) electrons. The van der Waals surface area contributed by atoms with Crippen LogP contribution in [0.4, 0.5) is 0 Å². The molecule has 0 spiro atoms. The molecule has 0 aliphatic carbocycles. The van der Waals surface area contributed by atoms with Crippen LogP contribution in [0.2, 0.25) is 0 Å². The number of esters is 1. The summed E-state index contributed by atoms with van der Waals surface area (Å²) in [6.45, 7) is 5.65. The molecule has 0 unspecified atom stereocenters. The van der Waals surface area contributed by atoms with Gasteiger partial charge in [0.05, 0.1) is 18.6 Å². The Morgan fingerprint density at radius 1 is 1.29 bits per heavy atom. The summed E-state index contributed by atoms with van der Waals surface area (Å²) in [5.74, 6) is 0.640. The predicted molar refractivity (Wildman–Crippen MR) is 75.4 cm³/mol. The fourth-order valence-electron chi connectivity index (χ4n) is 1.48. The number of rotatable bonds is 4. The number of tetrazole rings is 1. The van der Waals surface area contributed by atoms with Crippen LogP contribution in [0.1, 0.15) is 20.8 Å². The maximum atomic E-state index is 11.8. The molecule has 7 nitrogen and oxygen atoms in total. The Hall–Kier alpha value is -2.28. The molecule has 7 heteroatoms. The van der Waals surface area contributed by atoms with Crippen molar-refractivity contribution in [3.05, 3.63) is 24.3 Å². The third-order valence-corrected chi connectivity index (χ3v) is 2.69. The van der Waals surface area contributed by atoms with Gasteiger partial charge in [0, 0.05) is 5.56 Å². The average molecular weight is 290 g/mol. The zero-order valence-corrected chi connectivity index (χ0v) is 12.3. The Balaban J connectivity index is 2.09. The van der Waals surface area contributed by atoms with E-state index < -0.39 is 5.41 Å². The van der Waals surface area contributed by atoms with Crippen LogP contribution in [0.15, 0.2) is 24.3 Å². The highest BCUT2D eigenvalue weighted by Gasteiger charge is 2.23. The summed E-state index contributed by atoms with van der Waals surface area (Å²) in [6.07, 6.45) is 0. The fourth-order valence-corrected chi connectivity index (χ4v) is 1.48. The number of nitrogens with zero attached hydrogens (tertiary/aromatic N) is 4. The first-order chi connectivity index (χ1) is 9.90. The van der Waals surface area contributed by atoms with Gasteiger partial charge in [-0.05, 0) is 50.3 Å². The van der Waals surface area contributed by atoms with E-state index in [-0.39, 0.29) is 12.6 Å². The fraction of sp³-hybridized carbons (Fsp3) is 0.429. The van der Waals surface area contributed by atoms with Crippen LogP contribution >= 0.6 is 0 Å². The normalized spacial score (nSPS) is 11.4.